The molecule has 1 aliphatic rings. The van der Waals surface area contributed by atoms with Gasteiger partial charge in [-0.1, -0.05) is 28.1 Å². The SMILES string of the molecule is O[C@@H](COc1ccc2cc(Br)ccc2c1)CN1CCCC1. The number of halogens is 1. The van der Waals surface area contributed by atoms with Gasteiger partial charge in [-0.05, 0) is 61.0 Å². The van der Waals surface area contributed by atoms with Crippen molar-refractivity contribution in [2.45, 2.75) is 18.9 Å². The molecule has 2 aromatic rings. The molecule has 1 saturated heterocycles. The van der Waals surface area contributed by atoms with E-state index in [1.165, 1.54) is 18.2 Å². The fourth-order valence-corrected chi connectivity index (χ4v) is 3.17. The Labute approximate surface area is 133 Å². The molecule has 0 bridgehead atoms. The van der Waals surface area contributed by atoms with Crippen LogP contribution in [0.25, 0.3) is 10.8 Å². The highest BCUT2D eigenvalue weighted by molar-refractivity contribution is 9.10. The number of ether oxygens (including phenoxy) is 1. The van der Waals surface area contributed by atoms with Crippen LogP contribution < -0.4 is 4.74 Å². The normalized spacial score (nSPS) is 17.2. The molecule has 0 aromatic heterocycles. The first-order valence-electron chi connectivity index (χ1n) is 7.43. The van der Waals surface area contributed by atoms with Crippen LogP contribution in [-0.2, 0) is 0 Å². The molecule has 3 rings (SSSR count). The number of hydrogen-bond acceptors (Lipinski definition) is 3. The first kappa shape index (κ1) is 14.8. The Balaban J connectivity index is 1.58. The average molecular weight is 350 g/mol. The van der Waals surface area contributed by atoms with Crippen LogP contribution in [0.4, 0.5) is 0 Å². The predicted molar refractivity (Wildman–Crippen MR) is 88.8 cm³/mol. The Morgan fingerprint density at radius 1 is 1.10 bits per heavy atom. The van der Waals surface area contributed by atoms with Crippen LogP contribution in [0.5, 0.6) is 5.75 Å². The highest BCUT2D eigenvalue weighted by Crippen LogP contribution is 2.24. The summed E-state index contributed by atoms with van der Waals surface area (Å²) in [5.74, 6) is 0.810. The summed E-state index contributed by atoms with van der Waals surface area (Å²) in [6, 6.07) is 12.2. The molecule has 0 aliphatic carbocycles. The van der Waals surface area contributed by atoms with Gasteiger partial charge in [-0.25, -0.2) is 0 Å². The van der Waals surface area contributed by atoms with Crippen molar-refractivity contribution in [1.82, 2.24) is 4.90 Å². The van der Waals surface area contributed by atoms with Gasteiger partial charge in [-0.15, -0.1) is 0 Å². The second-order valence-electron chi connectivity index (χ2n) is 5.63. The van der Waals surface area contributed by atoms with Gasteiger partial charge < -0.3 is 14.7 Å². The molecule has 0 saturated carbocycles. The zero-order valence-electron chi connectivity index (χ0n) is 12.0. The summed E-state index contributed by atoms with van der Waals surface area (Å²) in [4.78, 5) is 2.30. The summed E-state index contributed by atoms with van der Waals surface area (Å²) in [6.45, 7) is 3.25. The maximum absolute atomic E-state index is 10.0. The van der Waals surface area contributed by atoms with E-state index in [1.54, 1.807) is 0 Å². The Hall–Kier alpha value is -1.10. The molecule has 4 heteroatoms. The largest absolute Gasteiger partial charge is 0.491 e. The van der Waals surface area contributed by atoms with E-state index in [-0.39, 0.29) is 0 Å². The molecular formula is C17H20BrNO2. The van der Waals surface area contributed by atoms with Crippen LogP contribution in [0.1, 0.15) is 12.8 Å². The predicted octanol–water partition coefficient (Wildman–Crippen LogP) is 3.44. The van der Waals surface area contributed by atoms with Crippen molar-refractivity contribution >= 4 is 26.7 Å². The summed E-state index contributed by atoms with van der Waals surface area (Å²) in [5.41, 5.74) is 0. The maximum Gasteiger partial charge on any atom is 0.120 e. The first-order valence-corrected chi connectivity index (χ1v) is 8.22. The van der Waals surface area contributed by atoms with Gasteiger partial charge >= 0.3 is 0 Å². The van der Waals surface area contributed by atoms with Gasteiger partial charge in [0.15, 0.2) is 0 Å². The van der Waals surface area contributed by atoms with E-state index in [2.05, 4.69) is 33.0 Å². The van der Waals surface area contributed by atoms with E-state index in [0.717, 1.165) is 28.7 Å². The molecule has 1 N–H and O–H groups in total. The minimum Gasteiger partial charge on any atom is -0.491 e. The van der Waals surface area contributed by atoms with E-state index >= 15 is 0 Å². The van der Waals surface area contributed by atoms with E-state index in [1.807, 2.05) is 24.3 Å². The van der Waals surface area contributed by atoms with Crippen molar-refractivity contribution in [3.8, 4) is 5.75 Å². The van der Waals surface area contributed by atoms with Gasteiger partial charge in [0.2, 0.25) is 0 Å². The van der Waals surface area contributed by atoms with Crippen molar-refractivity contribution in [3.05, 3.63) is 40.9 Å². The van der Waals surface area contributed by atoms with E-state index < -0.39 is 6.10 Å². The van der Waals surface area contributed by atoms with Gasteiger partial charge in [-0.3, -0.25) is 0 Å². The summed E-state index contributed by atoms with van der Waals surface area (Å²) < 4.78 is 6.80. The number of rotatable bonds is 5. The van der Waals surface area contributed by atoms with Crippen molar-refractivity contribution in [2.75, 3.05) is 26.2 Å². The zero-order valence-corrected chi connectivity index (χ0v) is 13.6. The Bertz CT molecular complexity index is 611. The number of likely N-dealkylation sites (tertiary alicyclic amines) is 1. The van der Waals surface area contributed by atoms with Crippen LogP contribution in [0.15, 0.2) is 40.9 Å². The van der Waals surface area contributed by atoms with Gasteiger partial charge in [0.25, 0.3) is 0 Å². The highest BCUT2D eigenvalue weighted by Gasteiger charge is 2.16. The number of aliphatic hydroxyl groups excluding tert-OH is 1. The number of benzene rings is 2. The third-order valence-electron chi connectivity index (χ3n) is 3.88. The highest BCUT2D eigenvalue weighted by atomic mass is 79.9. The molecule has 1 fully saturated rings. The molecule has 0 amide bonds. The molecule has 0 spiro atoms. The molecule has 1 atom stereocenters. The topological polar surface area (TPSA) is 32.7 Å². The smallest absolute Gasteiger partial charge is 0.120 e. The maximum atomic E-state index is 10.0. The number of aliphatic hydroxyl groups is 1. The Morgan fingerprint density at radius 2 is 1.81 bits per heavy atom. The van der Waals surface area contributed by atoms with Crippen LogP contribution in [0.2, 0.25) is 0 Å². The lowest BCUT2D eigenvalue weighted by Gasteiger charge is -2.19. The minimum atomic E-state index is -0.427. The van der Waals surface area contributed by atoms with E-state index in [0.29, 0.717) is 13.2 Å². The molecule has 1 heterocycles. The fraction of sp³-hybridized carbons (Fsp3) is 0.412. The van der Waals surface area contributed by atoms with Gasteiger partial charge in [0.1, 0.15) is 18.5 Å². The molecule has 2 aromatic carbocycles. The Morgan fingerprint density at radius 3 is 2.62 bits per heavy atom. The van der Waals surface area contributed by atoms with E-state index in [4.69, 9.17) is 4.74 Å². The van der Waals surface area contributed by atoms with Gasteiger partial charge in [0.05, 0.1) is 0 Å². The lowest BCUT2D eigenvalue weighted by Crippen LogP contribution is -2.33. The zero-order chi connectivity index (χ0) is 14.7. The average Bonchev–Trinajstić information content (AvgIpc) is 2.98. The quantitative estimate of drug-likeness (QED) is 0.897. The van der Waals surface area contributed by atoms with Crippen molar-refractivity contribution in [3.63, 3.8) is 0 Å². The lowest BCUT2D eigenvalue weighted by molar-refractivity contribution is 0.0759. The molecule has 21 heavy (non-hydrogen) atoms. The van der Waals surface area contributed by atoms with Crippen molar-refractivity contribution < 1.29 is 9.84 Å². The number of nitrogens with zero attached hydrogens (tertiary/aromatic N) is 1. The molecular weight excluding hydrogens is 330 g/mol. The summed E-state index contributed by atoms with van der Waals surface area (Å²) in [6.07, 6.45) is 2.06. The molecule has 0 unspecified atom stereocenters. The van der Waals surface area contributed by atoms with E-state index in [9.17, 15) is 5.11 Å². The Kier molecular flexibility index (Phi) is 4.78. The van der Waals surface area contributed by atoms with Gasteiger partial charge in [-0.2, -0.15) is 0 Å². The fourth-order valence-electron chi connectivity index (χ4n) is 2.79. The van der Waals surface area contributed by atoms with Crippen LogP contribution >= 0.6 is 15.9 Å². The molecule has 0 radical (unpaired) electrons. The summed E-state index contributed by atoms with van der Waals surface area (Å²) in [7, 11) is 0. The van der Waals surface area contributed by atoms with Crippen LogP contribution in [-0.4, -0.2) is 42.4 Å². The summed E-state index contributed by atoms with van der Waals surface area (Å²) >= 11 is 3.47. The second-order valence-corrected chi connectivity index (χ2v) is 6.54. The minimum absolute atomic E-state index is 0.346. The lowest BCUT2D eigenvalue weighted by atomic mass is 10.1. The molecule has 112 valence electrons. The second kappa shape index (κ2) is 6.77. The number of hydrogen-bond donors (Lipinski definition) is 1. The molecule has 1 aliphatic heterocycles. The summed E-state index contributed by atoms with van der Waals surface area (Å²) in [5, 5.41) is 12.4. The van der Waals surface area contributed by atoms with Crippen LogP contribution in [0, 0.1) is 0 Å². The van der Waals surface area contributed by atoms with Crippen molar-refractivity contribution in [2.24, 2.45) is 0 Å². The van der Waals surface area contributed by atoms with Crippen molar-refractivity contribution in [1.29, 1.82) is 0 Å². The number of β-amino-alcohol motifs (C(OH)–C–C–N with tert-alkyl or cyclic N) is 1. The monoisotopic (exact) mass is 349 g/mol. The molecule has 3 nitrogen and oxygen atoms in total. The first-order chi connectivity index (χ1) is 10.2. The van der Waals surface area contributed by atoms with Crippen LogP contribution in [0.3, 0.4) is 0 Å². The third-order valence-corrected chi connectivity index (χ3v) is 4.38. The standard InChI is InChI=1S/C17H20BrNO2/c18-15-5-3-14-10-17(6-4-13(14)9-15)21-12-16(20)11-19-7-1-2-8-19/h3-6,9-10,16,20H,1-2,7-8,11-12H2/t16-/m1/s1. The number of fused-ring (bicyclic) bond motifs is 1. The third kappa shape index (κ3) is 3.96. The van der Waals surface area contributed by atoms with Gasteiger partial charge in [0, 0.05) is 11.0 Å².